The van der Waals surface area contributed by atoms with Crippen LogP contribution in [0.1, 0.15) is 52.8 Å². The van der Waals surface area contributed by atoms with Crippen molar-refractivity contribution in [3.63, 3.8) is 0 Å². The van der Waals surface area contributed by atoms with Crippen LogP contribution in [0.3, 0.4) is 0 Å². The summed E-state index contributed by atoms with van der Waals surface area (Å²) >= 11 is 0. The van der Waals surface area contributed by atoms with Crippen molar-refractivity contribution in [2.24, 2.45) is 12.0 Å². The van der Waals surface area contributed by atoms with Crippen LogP contribution in [0.15, 0.2) is 17.4 Å². The molecular weight excluding hydrogens is 210 g/mol. The second-order valence-electron chi connectivity index (χ2n) is 2.33. The average molecular weight is 239 g/mol. The first kappa shape index (κ1) is 21.0. The lowest BCUT2D eigenvalue weighted by Crippen LogP contribution is -1.92. The van der Waals surface area contributed by atoms with Crippen LogP contribution in [-0.4, -0.2) is 16.5 Å². The molecule has 1 heterocycles. The lowest BCUT2D eigenvalue weighted by Gasteiger charge is -1.93. The summed E-state index contributed by atoms with van der Waals surface area (Å²) in [6.45, 7) is 17.4. The maximum absolute atomic E-state index is 4.07. The van der Waals surface area contributed by atoms with E-state index in [4.69, 9.17) is 0 Å². The van der Waals surface area contributed by atoms with Crippen molar-refractivity contribution in [2.75, 3.05) is 0 Å². The van der Waals surface area contributed by atoms with E-state index in [0.717, 1.165) is 11.3 Å². The van der Waals surface area contributed by atoms with Crippen molar-refractivity contribution in [1.29, 1.82) is 0 Å². The second kappa shape index (κ2) is 17.0. The van der Waals surface area contributed by atoms with Crippen LogP contribution in [0.4, 0.5) is 0 Å². The molecule has 0 aromatic carbocycles. The molecule has 3 nitrogen and oxygen atoms in total. The highest BCUT2D eigenvalue weighted by Crippen LogP contribution is 2.06. The Balaban J connectivity index is -0.000000285. The zero-order valence-corrected chi connectivity index (χ0v) is 12.8. The fourth-order valence-electron chi connectivity index (χ4n) is 0.919. The van der Waals surface area contributed by atoms with Crippen LogP contribution in [0.2, 0.25) is 0 Å². The first-order chi connectivity index (χ1) is 8.25. The van der Waals surface area contributed by atoms with Gasteiger partial charge in [0, 0.05) is 13.2 Å². The van der Waals surface area contributed by atoms with E-state index in [2.05, 4.69) is 16.8 Å². The van der Waals surface area contributed by atoms with Gasteiger partial charge in [0.1, 0.15) is 0 Å². The number of rotatable bonds is 2. The minimum absolute atomic E-state index is 1.07. The van der Waals surface area contributed by atoms with E-state index in [1.165, 1.54) is 0 Å². The van der Waals surface area contributed by atoms with Crippen molar-refractivity contribution < 1.29 is 0 Å². The van der Waals surface area contributed by atoms with E-state index in [0.29, 0.717) is 0 Å². The highest BCUT2D eigenvalue weighted by atomic mass is 15.3. The number of nitrogens with zero attached hydrogens (tertiary/aromatic N) is 3. The molecule has 0 aliphatic carbocycles. The normalized spacial score (nSPS) is 8.00. The Morgan fingerprint density at radius 2 is 1.65 bits per heavy atom. The number of hydrogen-bond donors (Lipinski definition) is 0. The van der Waals surface area contributed by atoms with Crippen molar-refractivity contribution in [1.82, 2.24) is 9.78 Å². The molecule has 100 valence electrons. The number of hydrogen-bond acceptors (Lipinski definition) is 2. The van der Waals surface area contributed by atoms with Gasteiger partial charge in [-0.05, 0) is 25.3 Å². The molecule has 0 saturated carbocycles. The summed E-state index contributed by atoms with van der Waals surface area (Å²) in [4.78, 5) is 3.62. The van der Waals surface area contributed by atoms with Crippen molar-refractivity contribution >= 4 is 12.8 Å². The third-order valence-corrected chi connectivity index (χ3v) is 1.52. The summed E-state index contributed by atoms with van der Waals surface area (Å²) in [5.41, 5.74) is 2.21. The Morgan fingerprint density at radius 3 is 1.94 bits per heavy atom. The average Bonchev–Trinajstić information content (AvgIpc) is 2.74. The van der Waals surface area contributed by atoms with Gasteiger partial charge in [0.15, 0.2) is 0 Å². The largest absolute Gasteiger partial charge is 0.272 e. The third kappa shape index (κ3) is 9.54. The highest BCUT2D eigenvalue weighted by molar-refractivity contribution is 5.49. The van der Waals surface area contributed by atoms with Gasteiger partial charge in [0.25, 0.3) is 0 Å². The topological polar surface area (TPSA) is 30.2 Å². The Hall–Kier alpha value is -1.38. The summed E-state index contributed by atoms with van der Waals surface area (Å²) in [6.07, 6.45) is 5.36. The quantitative estimate of drug-likeness (QED) is 0.700. The van der Waals surface area contributed by atoms with Crippen LogP contribution in [0.5, 0.6) is 0 Å². The van der Waals surface area contributed by atoms with Crippen molar-refractivity contribution in [3.8, 4) is 0 Å². The Kier molecular flexibility index (Phi) is 21.0. The van der Waals surface area contributed by atoms with Gasteiger partial charge in [-0.2, -0.15) is 5.10 Å². The molecule has 1 rings (SSSR count). The summed E-state index contributed by atoms with van der Waals surface area (Å²) in [5.74, 6) is 0. The molecule has 1 aromatic heterocycles. The van der Waals surface area contributed by atoms with Crippen molar-refractivity contribution in [3.05, 3.63) is 23.7 Å². The first-order valence-electron chi connectivity index (χ1n) is 6.36. The molecule has 0 bridgehead atoms. The van der Waals surface area contributed by atoms with E-state index < -0.39 is 0 Å². The molecule has 0 fully saturated rings. The molecule has 0 aliphatic rings. The molecule has 0 spiro atoms. The zero-order valence-electron chi connectivity index (χ0n) is 12.8. The molecule has 0 atom stereocenters. The minimum atomic E-state index is 1.07. The van der Waals surface area contributed by atoms with E-state index in [1.807, 2.05) is 67.8 Å². The molecule has 0 saturated heterocycles. The first-order valence-corrected chi connectivity index (χ1v) is 6.36. The van der Waals surface area contributed by atoms with E-state index in [9.17, 15) is 0 Å². The molecule has 0 unspecified atom stereocenters. The van der Waals surface area contributed by atoms with Gasteiger partial charge in [-0.1, -0.05) is 41.5 Å². The van der Waals surface area contributed by atoms with Crippen LogP contribution in [-0.2, 0) is 7.05 Å². The van der Waals surface area contributed by atoms with Gasteiger partial charge in [-0.25, -0.2) is 0 Å². The molecule has 17 heavy (non-hydrogen) atoms. The molecule has 0 amide bonds. The Bertz CT molecular complexity index is 266. The lowest BCUT2D eigenvalue weighted by atomic mass is 10.3. The van der Waals surface area contributed by atoms with Gasteiger partial charge in [-0.3, -0.25) is 9.67 Å². The fraction of sp³-hybridized carbons (Fsp3) is 0.571. The monoisotopic (exact) mass is 239 g/mol. The Morgan fingerprint density at radius 1 is 1.18 bits per heavy atom. The third-order valence-electron chi connectivity index (χ3n) is 1.52. The van der Waals surface area contributed by atoms with E-state index >= 15 is 0 Å². The summed E-state index contributed by atoms with van der Waals surface area (Å²) in [5, 5.41) is 4.07. The highest BCUT2D eigenvalue weighted by Gasteiger charge is 1.97. The van der Waals surface area contributed by atoms with Crippen LogP contribution in [0.25, 0.3) is 6.08 Å². The maximum atomic E-state index is 4.07. The SMILES string of the molecule is C=N/C=C\c1c(C)cnn1C.CC.CC.CC. The number of aryl methyl sites for hydroxylation is 2. The number of aliphatic imine (C=N–C) groups is 1. The Labute approximate surface area is 107 Å². The summed E-state index contributed by atoms with van der Waals surface area (Å²) in [6, 6.07) is 0. The predicted molar refractivity (Wildman–Crippen MR) is 80.6 cm³/mol. The molecule has 3 heteroatoms. The molecule has 1 aromatic rings. The second-order valence-corrected chi connectivity index (χ2v) is 2.33. The molecule has 0 radical (unpaired) electrons. The van der Waals surface area contributed by atoms with Gasteiger partial charge in [0.2, 0.25) is 0 Å². The standard InChI is InChI=1S/C8H11N3.3C2H6/c1-7-6-10-11(3)8(7)4-5-9-2;3*1-2/h4-6H,2H2,1,3H3;3*1-2H3/b5-4-;;;. The minimum Gasteiger partial charge on any atom is -0.272 e. The van der Waals surface area contributed by atoms with Gasteiger partial charge in [-0.15, -0.1) is 0 Å². The predicted octanol–water partition coefficient (Wildman–Crippen LogP) is 4.48. The fourth-order valence-corrected chi connectivity index (χ4v) is 0.919. The zero-order chi connectivity index (χ0) is 14.3. The van der Waals surface area contributed by atoms with Gasteiger partial charge >= 0.3 is 0 Å². The number of aromatic nitrogens is 2. The molecule has 0 aliphatic heterocycles. The molecule has 0 N–H and O–H groups in total. The van der Waals surface area contributed by atoms with Gasteiger partial charge < -0.3 is 0 Å². The lowest BCUT2D eigenvalue weighted by molar-refractivity contribution is 0.759. The van der Waals surface area contributed by atoms with Gasteiger partial charge in [0.05, 0.1) is 11.9 Å². The molecular formula is C14H29N3. The summed E-state index contributed by atoms with van der Waals surface area (Å²) in [7, 11) is 1.90. The van der Waals surface area contributed by atoms with Crippen LogP contribution < -0.4 is 0 Å². The summed E-state index contributed by atoms with van der Waals surface area (Å²) < 4.78 is 1.80. The van der Waals surface area contributed by atoms with E-state index in [-0.39, 0.29) is 0 Å². The maximum Gasteiger partial charge on any atom is 0.0651 e. The van der Waals surface area contributed by atoms with Crippen LogP contribution >= 0.6 is 0 Å². The van der Waals surface area contributed by atoms with Crippen LogP contribution in [0, 0.1) is 6.92 Å². The smallest absolute Gasteiger partial charge is 0.0651 e. The van der Waals surface area contributed by atoms with E-state index in [1.54, 1.807) is 10.9 Å². The van der Waals surface area contributed by atoms with Crippen molar-refractivity contribution in [2.45, 2.75) is 48.5 Å².